The van der Waals surface area contributed by atoms with E-state index < -0.39 is 0 Å². The lowest BCUT2D eigenvalue weighted by molar-refractivity contribution is -0.131. The van der Waals surface area contributed by atoms with Crippen LogP contribution < -0.4 is 14.8 Å². The molecule has 4 aromatic rings. The number of hydrogen-bond acceptors (Lipinski definition) is 5. The van der Waals surface area contributed by atoms with E-state index in [2.05, 4.69) is 10.3 Å². The number of ether oxygens (including phenoxy) is 2. The highest BCUT2D eigenvalue weighted by atomic mass is 16.5. The normalized spacial score (nSPS) is 11.7. The van der Waals surface area contributed by atoms with Crippen LogP contribution in [0, 0.1) is 0 Å². The number of aliphatic hydroxyl groups excluding tert-OH is 1. The number of H-pyrrole nitrogens is 1. The number of carbonyl (C=O) groups excluding carboxylic acids is 2. The molecule has 1 heterocycles. The number of amides is 2. The number of methoxy groups -OCH3 is 1. The van der Waals surface area contributed by atoms with Gasteiger partial charge in [0.05, 0.1) is 13.2 Å². The van der Waals surface area contributed by atoms with Crippen LogP contribution in [-0.2, 0) is 29.0 Å². The van der Waals surface area contributed by atoms with E-state index in [-0.39, 0.29) is 31.1 Å². The third-order valence-corrected chi connectivity index (χ3v) is 6.64. The molecule has 8 nitrogen and oxygen atoms in total. The molecule has 2 amide bonds. The summed E-state index contributed by atoms with van der Waals surface area (Å²) in [5.41, 5.74) is 3.95. The van der Waals surface area contributed by atoms with Gasteiger partial charge in [0.2, 0.25) is 5.91 Å². The van der Waals surface area contributed by atoms with Gasteiger partial charge in [-0.15, -0.1) is 0 Å². The van der Waals surface area contributed by atoms with Gasteiger partial charge >= 0.3 is 0 Å². The Morgan fingerprint density at radius 3 is 2.49 bits per heavy atom. The molecule has 8 heteroatoms. The Morgan fingerprint density at radius 2 is 1.74 bits per heavy atom. The average molecular weight is 530 g/mol. The van der Waals surface area contributed by atoms with E-state index in [1.165, 1.54) is 6.92 Å². The van der Waals surface area contributed by atoms with E-state index in [1.807, 2.05) is 66.9 Å². The first-order valence-corrected chi connectivity index (χ1v) is 13.0. The van der Waals surface area contributed by atoms with Crippen molar-refractivity contribution in [1.82, 2.24) is 15.2 Å². The van der Waals surface area contributed by atoms with Gasteiger partial charge < -0.3 is 29.8 Å². The second-order valence-corrected chi connectivity index (χ2v) is 9.45. The molecule has 0 bridgehead atoms. The molecule has 0 aliphatic heterocycles. The van der Waals surface area contributed by atoms with Gasteiger partial charge in [0, 0.05) is 49.3 Å². The number of hydrogen-bond donors (Lipinski definition) is 3. The molecule has 1 aromatic heterocycles. The van der Waals surface area contributed by atoms with E-state index in [4.69, 9.17) is 14.6 Å². The summed E-state index contributed by atoms with van der Waals surface area (Å²) in [5.74, 6) is 0.902. The average Bonchev–Trinajstić information content (AvgIpc) is 3.35. The van der Waals surface area contributed by atoms with Crippen LogP contribution in [0.3, 0.4) is 0 Å². The molecule has 0 aliphatic carbocycles. The van der Waals surface area contributed by atoms with E-state index in [0.717, 1.165) is 27.6 Å². The molecule has 0 spiro atoms. The fourth-order valence-corrected chi connectivity index (χ4v) is 4.64. The van der Waals surface area contributed by atoms with Crippen LogP contribution in [0.15, 0.2) is 79.0 Å². The predicted octanol–water partition coefficient (Wildman–Crippen LogP) is 3.87. The summed E-state index contributed by atoms with van der Waals surface area (Å²) in [7, 11) is 1.61. The lowest BCUT2D eigenvalue weighted by atomic mass is 10.0. The highest BCUT2D eigenvalue weighted by molar-refractivity contribution is 5.83. The summed E-state index contributed by atoms with van der Waals surface area (Å²) in [6.45, 7) is 2.12. The van der Waals surface area contributed by atoms with Gasteiger partial charge in [0.15, 0.2) is 6.61 Å². The van der Waals surface area contributed by atoms with Crippen LogP contribution >= 0.6 is 0 Å². The van der Waals surface area contributed by atoms with Crippen LogP contribution in [0.1, 0.15) is 23.6 Å². The van der Waals surface area contributed by atoms with Gasteiger partial charge in [0.1, 0.15) is 11.5 Å². The molecule has 0 saturated carbocycles. The lowest BCUT2D eigenvalue weighted by Gasteiger charge is -2.28. The third kappa shape index (κ3) is 7.61. The third-order valence-electron chi connectivity index (χ3n) is 6.64. The molecule has 0 radical (unpaired) electrons. The SMILES string of the molecule is COc1ccccc1CN(CC(Cc1c[nH]c2ccccc12)NC(=O)COc1ccc(CCO)cc1)C(C)=O. The molecule has 0 fully saturated rings. The Balaban J connectivity index is 1.49. The van der Waals surface area contributed by atoms with Crippen molar-refractivity contribution in [2.75, 3.05) is 26.9 Å². The molecule has 39 heavy (non-hydrogen) atoms. The highest BCUT2D eigenvalue weighted by Crippen LogP contribution is 2.22. The van der Waals surface area contributed by atoms with E-state index in [9.17, 15) is 9.59 Å². The number of para-hydroxylation sites is 2. The molecule has 1 atom stereocenters. The minimum absolute atomic E-state index is 0.0781. The van der Waals surface area contributed by atoms with Crippen molar-refractivity contribution in [2.45, 2.75) is 32.4 Å². The second-order valence-electron chi connectivity index (χ2n) is 9.45. The Morgan fingerprint density at radius 1 is 1.00 bits per heavy atom. The van der Waals surface area contributed by atoms with E-state index >= 15 is 0 Å². The zero-order valence-electron chi connectivity index (χ0n) is 22.4. The van der Waals surface area contributed by atoms with Crippen LogP contribution in [0.25, 0.3) is 10.9 Å². The number of nitrogens with one attached hydrogen (secondary N) is 2. The van der Waals surface area contributed by atoms with Gasteiger partial charge in [-0.25, -0.2) is 0 Å². The number of benzene rings is 3. The number of aromatic amines is 1. The van der Waals surface area contributed by atoms with Gasteiger partial charge in [-0.3, -0.25) is 9.59 Å². The molecule has 3 N–H and O–H groups in total. The first-order chi connectivity index (χ1) is 19.0. The van der Waals surface area contributed by atoms with Crippen LogP contribution in [0.2, 0.25) is 0 Å². The van der Waals surface area contributed by atoms with Crippen molar-refractivity contribution in [3.63, 3.8) is 0 Å². The summed E-state index contributed by atoms with van der Waals surface area (Å²) in [6.07, 6.45) is 3.05. The molecule has 0 aliphatic rings. The zero-order chi connectivity index (χ0) is 27.6. The molecular weight excluding hydrogens is 494 g/mol. The van der Waals surface area contributed by atoms with Crippen molar-refractivity contribution < 1.29 is 24.2 Å². The summed E-state index contributed by atoms with van der Waals surface area (Å²) in [6, 6.07) is 22.6. The smallest absolute Gasteiger partial charge is 0.258 e. The molecular formula is C31H35N3O5. The molecule has 4 rings (SSSR count). The summed E-state index contributed by atoms with van der Waals surface area (Å²) >= 11 is 0. The maximum absolute atomic E-state index is 13.0. The number of fused-ring (bicyclic) bond motifs is 1. The molecule has 204 valence electrons. The summed E-state index contributed by atoms with van der Waals surface area (Å²) in [4.78, 5) is 30.7. The summed E-state index contributed by atoms with van der Waals surface area (Å²) < 4.78 is 11.2. The summed E-state index contributed by atoms with van der Waals surface area (Å²) in [5, 5.41) is 13.3. The standard InChI is InChI=1S/C31H35N3O5/c1-22(36)34(19-24-7-3-6-10-30(24)38-2)20-26(17-25-18-32-29-9-5-4-8-28(25)29)33-31(37)21-39-27-13-11-23(12-14-27)15-16-35/h3-14,18,26,32,35H,15-17,19-21H2,1-2H3,(H,33,37). The van der Waals surface area contributed by atoms with Gasteiger partial charge in [0.25, 0.3) is 5.91 Å². The highest BCUT2D eigenvalue weighted by Gasteiger charge is 2.22. The Hall–Kier alpha value is -4.30. The van der Waals surface area contributed by atoms with E-state index in [0.29, 0.717) is 37.4 Å². The number of rotatable bonds is 13. The topological polar surface area (TPSA) is 104 Å². The Labute approximate surface area is 228 Å². The Kier molecular flexibility index (Phi) is 9.58. The minimum atomic E-state index is -0.356. The first kappa shape index (κ1) is 27.7. The van der Waals surface area contributed by atoms with Gasteiger partial charge in [-0.2, -0.15) is 0 Å². The Bertz CT molecular complexity index is 1380. The number of aliphatic hydroxyl groups is 1. The quantitative estimate of drug-likeness (QED) is 0.244. The monoisotopic (exact) mass is 529 g/mol. The number of aromatic nitrogens is 1. The maximum Gasteiger partial charge on any atom is 0.258 e. The van der Waals surface area contributed by atoms with E-state index in [1.54, 1.807) is 24.1 Å². The first-order valence-electron chi connectivity index (χ1n) is 13.0. The number of carbonyl (C=O) groups is 2. The zero-order valence-corrected chi connectivity index (χ0v) is 22.4. The fourth-order valence-electron chi connectivity index (χ4n) is 4.64. The lowest BCUT2D eigenvalue weighted by Crippen LogP contribution is -2.47. The van der Waals surface area contributed by atoms with Gasteiger partial charge in [-0.1, -0.05) is 48.5 Å². The van der Waals surface area contributed by atoms with Crippen LogP contribution in [0.5, 0.6) is 11.5 Å². The van der Waals surface area contributed by atoms with Crippen molar-refractivity contribution >= 4 is 22.7 Å². The maximum atomic E-state index is 13.0. The largest absolute Gasteiger partial charge is 0.496 e. The number of nitrogens with zero attached hydrogens (tertiary/aromatic N) is 1. The predicted molar refractivity (Wildman–Crippen MR) is 151 cm³/mol. The van der Waals surface area contributed by atoms with Crippen molar-refractivity contribution in [3.8, 4) is 11.5 Å². The fraction of sp³-hybridized carbons (Fsp3) is 0.290. The minimum Gasteiger partial charge on any atom is -0.496 e. The van der Waals surface area contributed by atoms with Crippen molar-refractivity contribution in [3.05, 3.63) is 95.7 Å². The molecule has 1 unspecified atom stereocenters. The second kappa shape index (κ2) is 13.5. The molecule has 0 saturated heterocycles. The van der Waals surface area contributed by atoms with Crippen LogP contribution in [-0.4, -0.2) is 59.7 Å². The van der Waals surface area contributed by atoms with Crippen LogP contribution in [0.4, 0.5) is 0 Å². The van der Waals surface area contributed by atoms with Gasteiger partial charge in [-0.05, 0) is 48.2 Å². The molecule has 3 aromatic carbocycles. The van der Waals surface area contributed by atoms with Crippen molar-refractivity contribution in [1.29, 1.82) is 0 Å². The van der Waals surface area contributed by atoms with Crippen molar-refractivity contribution in [2.24, 2.45) is 0 Å².